The van der Waals surface area contributed by atoms with Gasteiger partial charge in [0, 0.05) is 25.9 Å². The standard InChI is InChI=1S/C18H30N2O/c1-5-14-12-16-17(13-15(14)6-8-19)20(10-11-21-4)9-7-18(16,2)3/h12-13H,5-11,19H2,1-4H3. The number of benzene rings is 1. The first kappa shape index (κ1) is 16.3. The van der Waals surface area contributed by atoms with E-state index < -0.39 is 0 Å². The van der Waals surface area contributed by atoms with Gasteiger partial charge in [-0.1, -0.05) is 26.8 Å². The van der Waals surface area contributed by atoms with Crippen molar-refractivity contribution in [1.82, 2.24) is 0 Å². The molecule has 1 aliphatic rings. The minimum atomic E-state index is 0.254. The van der Waals surface area contributed by atoms with Gasteiger partial charge in [-0.15, -0.1) is 0 Å². The van der Waals surface area contributed by atoms with Gasteiger partial charge in [0.05, 0.1) is 6.61 Å². The van der Waals surface area contributed by atoms with Gasteiger partial charge in [0.1, 0.15) is 0 Å². The summed E-state index contributed by atoms with van der Waals surface area (Å²) in [6, 6.07) is 4.82. The van der Waals surface area contributed by atoms with Crippen molar-refractivity contribution in [3.05, 3.63) is 28.8 Å². The Hall–Kier alpha value is -1.06. The van der Waals surface area contributed by atoms with Crippen molar-refractivity contribution in [2.75, 3.05) is 38.3 Å². The zero-order valence-corrected chi connectivity index (χ0v) is 14.0. The van der Waals surface area contributed by atoms with E-state index in [1.54, 1.807) is 7.11 Å². The predicted molar refractivity (Wildman–Crippen MR) is 90.3 cm³/mol. The highest BCUT2D eigenvalue weighted by atomic mass is 16.5. The molecule has 1 aromatic rings. The number of anilines is 1. The van der Waals surface area contributed by atoms with Crippen LogP contribution in [-0.2, 0) is 23.0 Å². The van der Waals surface area contributed by atoms with E-state index in [0.29, 0.717) is 6.54 Å². The normalized spacial score (nSPS) is 16.9. The Morgan fingerprint density at radius 3 is 2.67 bits per heavy atom. The van der Waals surface area contributed by atoms with E-state index in [4.69, 9.17) is 10.5 Å². The van der Waals surface area contributed by atoms with E-state index >= 15 is 0 Å². The summed E-state index contributed by atoms with van der Waals surface area (Å²) < 4.78 is 5.27. The fourth-order valence-electron chi connectivity index (χ4n) is 3.30. The van der Waals surface area contributed by atoms with Gasteiger partial charge in [-0.2, -0.15) is 0 Å². The quantitative estimate of drug-likeness (QED) is 0.875. The summed E-state index contributed by atoms with van der Waals surface area (Å²) >= 11 is 0. The first-order valence-electron chi connectivity index (χ1n) is 8.13. The molecule has 3 nitrogen and oxygen atoms in total. The van der Waals surface area contributed by atoms with Gasteiger partial charge in [-0.05, 0) is 54.0 Å². The van der Waals surface area contributed by atoms with Crippen LogP contribution in [0.5, 0.6) is 0 Å². The van der Waals surface area contributed by atoms with Crippen LogP contribution in [0.2, 0.25) is 0 Å². The average molecular weight is 290 g/mol. The molecule has 0 radical (unpaired) electrons. The number of fused-ring (bicyclic) bond motifs is 1. The summed E-state index contributed by atoms with van der Waals surface area (Å²) in [4.78, 5) is 2.48. The van der Waals surface area contributed by atoms with E-state index in [-0.39, 0.29) is 5.41 Å². The monoisotopic (exact) mass is 290 g/mol. The maximum atomic E-state index is 5.79. The Kier molecular flexibility index (Phi) is 5.28. The summed E-state index contributed by atoms with van der Waals surface area (Å²) in [5.74, 6) is 0. The SMILES string of the molecule is CCc1cc2c(cc1CCN)N(CCOC)CCC2(C)C. The second-order valence-electron chi connectivity index (χ2n) is 6.64. The van der Waals surface area contributed by atoms with Crippen LogP contribution in [0.4, 0.5) is 5.69 Å². The lowest BCUT2D eigenvalue weighted by molar-refractivity contribution is 0.204. The van der Waals surface area contributed by atoms with Crippen LogP contribution in [0.15, 0.2) is 12.1 Å². The number of methoxy groups -OCH3 is 1. The fraction of sp³-hybridized carbons (Fsp3) is 0.667. The molecular formula is C18H30N2O. The molecule has 2 N–H and O–H groups in total. The van der Waals surface area contributed by atoms with Crippen molar-refractivity contribution in [2.24, 2.45) is 5.73 Å². The number of nitrogens with two attached hydrogens (primary N) is 1. The predicted octanol–water partition coefficient (Wildman–Crippen LogP) is 2.88. The zero-order valence-electron chi connectivity index (χ0n) is 14.0. The van der Waals surface area contributed by atoms with E-state index in [1.165, 1.54) is 28.8 Å². The Morgan fingerprint density at radius 1 is 1.29 bits per heavy atom. The van der Waals surface area contributed by atoms with Gasteiger partial charge in [-0.3, -0.25) is 0 Å². The van der Waals surface area contributed by atoms with Crippen LogP contribution in [0.3, 0.4) is 0 Å². The molecule has 1 aromatic carbocycles. The molecule has 0 aliphatic carbocycles. The third-order valence-electron chi connectivity index (χ3n) is 4.75. The van der Waals surface area contributed by atoms with Crippen molar-refractivity contribution in [1.29, 1.82) is 0 Å². The Bertz CT molecular complexity index is 482. The number of rotatable bonds is 6. The molecule has 1 aliphatic heterocycles. The van der Waals surface area contributed by atoms with Gasteiger partial charge in [0.25, 0.3) is 0 Å². The Labute approximate surface area is 129 Å². The van der Waals surface area contributed by atoms with Gasteiger partial charge < -0.3 is 15.4 Å². The van der Waals surface area contributed by atoms with Crippen molar-refractivity contribution < 1.29 is 4.74 Å². The van der Waals surface area contributed by atoms with Crippen LogP contribution in [0.25, 0.3) is 0 Å². The summed E-state index contributed by atoms with van der Waals surface area (Å²) in [5, 5.41) is 0. The van der Waals surface area contributed by atoms with Crippen LogP contribution in [0.1, 0.15) is 43.9 Å². The van der Waals surface area contributed by atoms with Gasteiger partial charge in [0.2, 0.25) is 0 Å². The second-order valence-corrected chi connectivity index (χ2v) is 6.64. The molecule has 0 bridgehead atoms. The number of nitrogens with zero attached hydrogens (tertiary/aromatic N) is 1. The van der Waals surface area contributed by atoms with Crippen LogP contribution in [-0.4, -0.2) is 33.4 Å². The smallest absolute Gasteiger partial charge is 0.0637 e. The fourth-order valence-corrected chi connectivity index (χ4v) is 3.30. The lowest BCUT2D eigenvalue weighted by atomic mass is 9.76. The minimum Gasteiger partial charge on any atom is -0.383 e. The minimum absolute atomic E-state index is 0.254. The Morgan fingerprint density at radius 2 is 2.05 bits per heavy atom. The van der Waals surface area contributed by atoms with Crippen molar-refractivity contribution >= 4 is 5.69 Å². The average Bonchev–Trinajstić information content (AvgIpc) is 2.46. The zero-order chi connectivity index (χ0) is 15.5. The molecule has 0 amide bonds. The highest BCUT2D eigenvalue weighted by Gasteiger charge is 2.31. The van der Waals surface area contributed by atoms with E-state index in [9.17, 15) is 0 Å². The highest BCUT2D eigenvalue weighted by molar-refractivity contribution is 5.62. The molecule has 1 heterocycles. The van der Waals surface area contributed by atoms with Crippen LogP contribution >= 0.6 is 0 Å². The number of hydrogen-bond donors (Lipinski definition) is 1. The lowest BCUT2D eigenvalue weighted by Gasteiger charge is -2.41. The van der Waals surface area contributed by atoms with Crippen molar-refractivity contribution in [2.45, 2.75) is 45.4 Å². The third-order valence-corrected chi connectivity index (χ3v) is 4.75. The number of hydrogen-bond acceptors (Lipinski definition) is 3. The van der Waals surface area contributed by atoms with Gasteiger partial charge in [-0.25, -0.2) is 0 Å². The molecule has 0 fully saturated rings. The molecule has 0 unspecified atom stereocenters. The first-order chi connectivity index (χ1) is 10.0. The topological polar surface area (TPSA) is 38.5 Å². The van der Waals surface area contributed by atoms with Crippen LogP contribution < -0.4 is 10.6 Å². The van der Waals surface area contributed by atoms with E-state index in [1.807, 2.05) is 0 Å². The maximum Gasteiger partial charge on any atom is 0.0637 e. The molecule has 0 saturated carbocycles. The van der Waals surface area contributed by atoms with Crippen LogP contribution in [0, 0.1) is 0 Å². The van der Waals surface area contributed by atoms with E-state index in [0.717, 1.165) is 32.5 Å². The Balaban J connectivity index is 2.45. The van der Waals surface area contributed by atoms with Crippen molar-refractivity contribution in [3.8, 4) is 0 Å². The molecule has 2 rings (SSSR count). The molecule has 3 heteroatoms. The molecule has 0 spiro atoms. The molecule has 0 saturated heterocycles. The van der Waals surface area contributed by atoms with E-state index in [2.05, 4.69) is 37.8 Å². The molecule has 0 aromatic heterocycles. The summed E-state index contributed by atoms with van der Waals surface area (Å²) in [6.07, 6.45) is 3.24. The highest BCUT2D eigenvalue weighted by Crippen LogP contribution is 2.41. The van der Waals surface area contributed by atoms with Crippen molar-refractivity contribution in [3.63, 3.8) is 0 Å². The molecule has 118 valence electrons. The lowest BCUT2D eigenvalue weighted by Crippen LogP contribution is -2.39. The third kappa shape index (κ3) is 3.41. The summed E-state index contributed by atoms with van der Waals surface area (Å²) in [7, 11) is 1.77. The first-order valence-corrected chi connectivity index (χ1v) is 8.13. The molecular weight excluding hydrogens is 260 g/mol. The maximum absolute atomic E-state index is 5.79. The van der Waals surface area contributed by atoms with Gasteiger partial charge in [0.15, 0.2) is 0 Å². The molecule has 21 heavy (non-hydrogen) atoms. The summed E-state index contributed by atoms with van der Waals surface area (Å²) in [6.45, 7) is 10.5. The summed E-state index contributed by atoms with van der Waals surface area (Å²) in [5.41, 5.74) is 11.8. The molecule has 0 atom stereocenters. The second kappa shape index (κ2) is 6.80. The number of ether oxygens (including phenoxy) is 1. The van der Waals surface area contributed by atoms with Gasteiger partial charge >= 0.3 is 0 Å². The number of aryl methyl sites for hydroxylation is 1. The largest absolute Gasteiger partial charge is 0.383 e.